The van der Waals surface area contributed by atoms with Gasteiger partial charge in [0.25, 0.3) is 0 Å². The number of benzene rings is 1. The molecule has 3 nitrogen and oxygen atoms in total. The topological polar surface area (TPSA) is 53.4 Å². The fourth-order valence-corrected chi connectivity index (χ4v) is 1.61. The molecule has 2 N–H and O–H groups in total. The maximum absolute atomic E-state index is 12.8. The predicted molar refractivity (Wildman–Crippen MR) is 76.4 cm³/mol. The van der Waals surface area contributed by atoms with Gasteiger partial charge in [0.15, 0.2) is 0 Å². The molecule has 0 radical (unpaired) electrons. The summed E-state index contributed by atoms with van der Waals surface area (Å²) >= 11 is 0. The van der Waals surface area contributed by atoms with Crippen LogP contribution in [0.2, 0.25) is 0 Å². The molecule has 0 bridgehead atoms. The van der Waals surface area contributed by atoms with E-state index in [1.807, 2.05) is 0 Å². The average molecular weight is 489 g/mol. The van der Waals surface area contributed by atoms with E-state index in [0.717, 1.165) is 12.1 Å². The Morgan fingerprint density at radius 3 is 2.18 bits per heavy atom. The van der Waals surface area contributed by atoms with Crippen LogP contribution in [0.4, 0.5) is 8.78 Å². The van der Waals surface area contributed by atoms with Crippen molar-refractivity contribution in [1.82, 2.24) is 4.98 Å². The summed E-state index contributed by atoms with van der Waals surface area (Å²) in [5.41, 5.74) is 1.02. The molecular weight excluding hydrogens is 471 g/mol. The molecule has 0 aliphatic rings. The normalized spacial score (nSPS) is 12.5. The molecule has 1 aromatic heterocycles. The molecule has 0 aliphatic heterocycles. The summed E-state index contributed by atoms with van der Waals surface area (Å²) in [6.45, 7) is 3.32. The van der Waals surface area contributed by atoms with Crippen LogP contribution < -0.4 is 0 Å². The van der Waals surface area contributed by atoms with Crippen molar-refractivity contribution in [1.29, 1.82) is 0 Å². The molecule has 22 heavy (non-hydrogen) atoms. The minimum absolute atomic E-state index is 0. The van der Waals surface area contributed by atoms with Crippen LogP contribution >= 0.6 is 0 Å². The van der Waals surface area contributed by atoms with E-state index in [1.54, 1.807) is 38.2 Å². The van der Waals surface area contributed by atoms with Crippen molar-refractivity contribution in [3.63, 3.8) is 0 Å². The molecule has 2 unspecified atom stereocenters. The molecule has 0 amide bonds. The first-order valence-corrected chi connectivity index (χ1v) is 6.54. The van der Waals surface area contributed by atoms with E-state index in [2.05, 4.69) is 11.1 Å². The molecule has 1 aromatic carbocycles. The molecule has 0 saturated heterocycles. The second-order valence-electron chi connectivity index (χ2n) is 4.69. The zero-order valence-corrected chi connectivity index (χ0v) is 14.5. The van der Waals surface area contributed by atoms with E-state index in [9.17, 15) is 8.78 Å². The fraction of sp³-hybridized carbons (Fsp3) is 0.312. The summed E-state index contributed by atoms with van der Waals surface area (Å²) in [5, 5.41) is 17.1. The van der Waals surface area contributed by atoms with Gasteiger partial charge in [-0.25, -0.2) is 4.39 Å². The molecule has 6 heteroatoms. The van der Waals surface area contributed by atoms with Crippen molar-refractivity contribution >= 4 is 0 Å². The first kappa shape index (κ1) is 20.8. The summed E-state index contributed by atoms with van der Waals surface area (Å²) in [7, 11) is 0. The van der Waals surface area contributed by atoms with Gasteiger partial charge in [-0.3, -0.25) is 4.39 Å². The van der Waals surface area contributed by atoms with Crippen LogP contribution in [0.15, 0.2) is 36.5 Å². The smallest absolute Gasteiger partial charge is 0.0765 e. The Morgan fingerprint density at radius 2 is 1.77 bits per heavy atom. The number of pyridine rings is 1. The van der Waals surface area contributed by atoms with E-state index in [0.29, 0.717) is 17.7 Å². The van der Waals surface area contributed by atoms with Gasteiger partial charge in [-0.05, 0) is 32.0 Å². The van der Waals surface area contributed by atoms with Gasteiger partial charge >= 0.3 is 0 Å². The number of aliphatic hydroxyl groups is 2. The van der Waals surface area contributed by atoms with Gasteiger partial charge in [-0.1, -0.05) is 12.1 Å². The number of aromatic nitrogens is 1. The third kappa shape index (κ3) is 7.74. The van der Waals surface area contributed by atoms with Crippen LogP contribution in [0.5, 0.6) is 0 Å². The Hall–Kier alpha value is -1.16. The molecule has 2 atom stereocenters. The monoisotopic (exact) mass is 489 g/mol. The Kier molecular flexibility index (Phi) is 9.99. The van der Waals surface area contributed by atoms with Crippen LogP contribution in [0, 0.1) is 17.7 Å². The molecular formula is C16H18F2NO2Pt-. The van der Waals surface area contributed by atoms with E-state index in [-0.39, 0.29) is 33.3 Å². The Balaban J connectivity index is 0.000000478. The number of halogens is 2. The van der Waals surface area contributed by atoms with Gasteiger partial charge in [0.2, 0.25) is 0 Å². The van der Waals surface area contributed by atoms with Gasteiger partial charge in [-0.2, -0.15) is 0 Å². The number of hydrogen-bond acceptors (Lipinski definition) is 3. The maximum atomic E-state index is 12.8. The fourth-order valence-electron chi connectivity index (χ4n) is 1.61. The zero-order chi connectivity index (χ0) is 15.8. The second-order valence-corrected chi connectivity index (χ2v) is 4.69. The molecule has 124 valence electrons. The second kappa shape index (κ2) is 10.5. The molecule has 0 aliphatic carbocycles. The standard InChI is InChI=1S/C11H6F2N.C5H12O2.Pt/c12-9-5-4-8(7-10(9)13)11-3-1-2-6-14-11;1-4(6)3-5(2)7;/h1-3,5-7H;4-7H,3H2,1-2H3;/q-1;;. The van der Waals surface area contributed by atoms with Crippen molar-refractivity contribution < 1.29 is 40.1 Å². The van der Waals surface area contributed by atoms with Crippen LogP contribution in [0.25, 0.3) is 11.3 Å². The number of rotatable bonds is 3. The van der Waals surface area contributed by atoms with Crippen LogP contribution in [-0.2, 0) is 21.1 Å². The van der Waals surface area contributed by atoms with Gasteiger partial charge < -0.3 is 15.2 Å². The SMILES string of the molecule is CC(O)CC(C)O.Fc1c[c-]c(-c2ccccn2)cc1F.[Pt]. The predicted octanol–water partition coefficient (Wildman–Crippen LogP) is 2.96. The number of nitrogens with zero attached hydrogens (tertiary/aromatic N) is 1. The van der Waals surface area contributed by atoms with Crippen LogP contribution in [0.1, 0.15) is 20.3 Å². The van der Waals surface area contributed by atoms with Gasteiger partial charge in [-0.15, -0.1) is 23.8 Å². The van der Waals surface area contributed by atoms with Crippen molar-refractivity contribution in [2.24, 2.45) is 0 Å². The summed E-state index contributed by atoms with van der Waals surface area (Å²) in [5.74, 6) is -1.78. The number of aliphatic hydroxyl groups excluding tert-OH is 2. The van der Waals surface area contributed by atoms with Crippen molar-refractivity contribution in [2.45, 2.75) is 32.5 Å². The van der Waals surface area contributed by atoms with E-state index in [1.165, 1.54) is 0 Å². The van der Waals surface area contributed by atoms with Crippen molar-refractivity contribution in [3.05, 3.63) is 54.2 Å². The zero-order valence-electron chi connectivity index (χ0n) is 12.2. The first-order valence-electron chi connectivity index (χ1n) is 6.54. The molecule has 0 fully saturated rings. The quantitative estimate of drug-likeness (QED) is 0.653. The average Bonchev–Trinajstić information content (AvgIpc) is 2.42. The summed E-state index contributed by atoms with van der Waals surface area (Å²) in [6.07, 6.45) is 1.31. The van der Waals surface area contributed by atoms with E-state index < -0.39 is 11.6 Å². The first-order chi connectivity index (χ1) is 9.90. The third-order valence-corrected chi connectivity index (χ3v) is 2.48. The molecule has 1 heterocycles. The number of hydrogen-bond donors (Lipinski definition) is 2. The van der Waals surface area contributed by atoms with Crippen LogP contribution in [0.3, 0.4) is 0 Å². The van der Waals surface area contributed by atoms with E-state index in [4.69, 9.17) is 10.2 Å². The Bertz CT molecular complexity index is 545. The third-order valence-electron chi connectivity index (χ3n) is 2.48. The molecule has 0 saturated carbocycles. The van der Waals surface area contributed by atoms with E-state index >= 15 is 0 Å². The maximum Gasteiger partial charge on any atom is 0.0765 e. The summed E-state index contributed by atoms with van der Waals surface area (Å²) in [6, 6.07) is 9.91. The van der Waals surface area contributed by atoms with Gasteiger partial charge in [0, 0.05) is 27.3 Å². The van der Waals surface area contributed by atoms with Crippen molar-refractivity contribution in [3.8, 4) is 11.3 Å². The summed E-state index contributed by atoms with van der Waals surface area (Å²) in [4.78, 5) is 4.00. The summed E-state index contributed by atoms with van der Waals surface area (Å²) < 4.78 is 25.4. The Morgan fingerprint density at radius 1 is 1.14 bits per heavy atom. The largest absolute Gasteiger partial charge is 0.393 e. The van der Waals surface area contributed by atoms with Crippen LogP contribution in [-0.4, -0.2) is 27.4 Å². The van der Waals surface area contributed by atoms with Gasteiger partial charge in [0.05, 0.1) is 23.8 Å². The van der Waals surface area contributed by atoms with Gasteiger partial charge in [0.1, 0.15) is 0 Å². The Labute approximate surface area is 143 Å². The molecule has 2 aromatic rings. The van der Waals surface area contributed by atoms with Crippen molar-refractivity contribution in [2.75, 3.05) is 0 Å². The minimum atomic E-state index is -0.898. The molecule has 0 spiro atoms. The molecule has 2 rings (SSSR count). The minimum Gasteiger partial charge on any atom is -0.393 e.